The van der Waals surface area contributed by atoms with E-state index in [-0.39, 0.29) is 24.1 Å². The number of hydrogen-bond acceptors (Lipinski definition) is 4. The van der Waals surface area contributed by atoms with E-state index in [1.54, 1.807) is 33.9 Å². The molecule has 1 aromatic carbocycles. The minimum Gasteiger partial charge on any atom is -0.478 e. The molecule has 0 saturated carbocycles. The van der Waals surface area contributed by atoms with Crippen molar-refractivity contribution >= 4 is 18.0 Å². The summed E-state index contributed by atoms with van der Waals surface area (Å²) in [5, 5.41) is 9.55. The lowest BCUT2D eigenvalue weighted by atomic mass is 9.91. The summed E-state index contributed by atoms with van der Waals surface area (Å²) in [6.45, 7) is 5.17. The molecule has 172 valence electrons. The van der Waals surface area contributed by atoms with E-state index in [2.05, 4.69) is 0 Å². The van der Waals surface area contributed by atoms with Crippen LogP contribution in [0.25, 0.3) is 0 Å². The number of aromatic carboxylic acids is 1. The molecule has 0 unspecified atom stereocenters. The predicted molar refractivity (Wildman–Crippen MR) is 106 cm³/mol. The van der Waals surface area contributed by atoms with Crippen LogP contribution in [0.1, 0.15) is 54.2 Å². The second-order valence-electron chi connectivity index (χ2n) is 8.57. The first-order valence-corrected chi connectivity index (χ1v) is 9.87. The molecule has 0 spiro atoms. The molecule has 1 N–H and O–H groups in total. The van der Waals surface area contributed by atoms with Gasteiger partial charge < -0.3 is 19.6 Å². The number of alkyl halides is 3. The van der Waals surface area contributed by atoms with Gasteiger partial charge >= 0.3 is 24.1 Å². The maximum absolute atomic E-state index is 12.7. The molecule has 0 atom stereocenters. The molecule has 10 heteroatoms. The summed E-state index contributed by atoms with van der Waals surface area (Å²) in [6.07, 6.45) is -4.29. The van der Waals surface area contributed by atoms with E-state index in [1.165, 1.54) is 11.0 Å². The van der Waals surface area contributed by atoms with Crippen molar-refractivity contribution in [2.75, 3.05) is 20.1 Å². The van der Waals surface area contributed by atoms with Crippen LogP contribution in [-0.2, 0) is 28.9 Å². The first kappa shape index (κ1) is 24.5. The van der Waals surface area contributed by atoms with Crippen molar-refractivity contribution in [2.45, 2.75) is 58.4 Å². The van der Waals surface area contributed by atoms with Crippen LogP contribution in [0.15, 0.2) is 12.1 Å². The third kappa shape index (κ3) is 6.60. The first-order chi connectivity index (χ1) is 14.2. The molecule has 31 heavy (non-hydrogen) atoms. The molecule has 0 radical (unpaired) electrons. The van der Waals surface area contributed by atoms with E-state index in [4.69, 9.17) is 4.74 Å². The number of rotatable bonds is 5. The molecule has 1 aliphatic heterocycles. The molecule has 1 heterocycles. The molecule has 1 aromatic rings. The minimum absolute atomic E-state index is 0.104. The molecule has 7 nitrogen and oxygen atoms in total. The second-order valence-corrected chi connectivity index (χ2v) is 8.57. The topological polar surface area (TPSA) is 87.2 Å². The van der Waals surface area contributed by atoms with Crippen LogP contribution in [0.5, 0.6) is 0 Å². The zero-order valence-corrected chi connectivity index (χ0v) is 18.0. The number of carboxylic acid groups (broad SMARTS) is 1. The van der Waals surface area contributed by atoms with Gasteiger partial charge in [0.15, 0.2) is 0 Å². The fourth-order valence-corrected chi connectivity index (χ4v) is 3.37. The van der Waals surface area contributed by atoms with Gasteiger partial charge in [0, 0.05) is 26.7 Å². The lowest BCUT2D eigenvalue weighted by Crippen LogP contribution is -2.44. The number of nitrogens with zero attached hydrogens (tertiary/aromatic N) is 2. The van der Waals surface area contributed by atoms with Crippen molar-refractivity contribution in [3.63, 3.8) is 0 Å². The van der Waals surface area contributed by atoms with Gasteiger partial charge in [-0.25, -0.2) is 9.59 Å². The second kappa shape index (κ2) is 9.15. The predicted octanol–water partition coefficient (Wildman–Crippen LogP) is 3.63. The fourth-order valence-electron chi connectivity index (χ4n) is 3.37. The number of fused-ring (bicyclic) bond motifs is 1. The molecule has 0 bridgehead atoms. The Morgan fingerprint density at radius 2 is 1.84 bits per heavy atom. The van der Waals surface area contributed by atoms with Crippen molar-refractivity contribution in [2.24, 2.45) is 0 Å². The van der Waals surface area contributed by atoms with E-state index in [1.807, 2.05) is 0 Å². The van der Waals surface area contributed by atoms with Crippen LogP contribution < -0.4 is 0 Å². The van der Waals surface area contributed by atoms with E-state index >= 15 is 0 Å². The normalized spacial score (nSPS) is 14.1. The Morgan fingerprint density at radius 3 is 2.39 bits per heavy atom. The van der Waals surface area contributed by atoms with Gasteiger partial charge in [-0.1, -0.05) is 6.07 Å². The van der Waals surface area contributed by atoms with Crippen LogP contribution in [-0.4, -0.2) is 64.8 Å². The maximum atomic E-state index is 12.7. The number of aryl methyl sites for hydroxylation is 1. The van der Waals surface area contributed by atoms with Gasteiger partial charge in [0.05, 0.1) is 5.56 Å². The monoisotopic (exact) mass is 444 g/mol. The van der Waals surface area contributed by atoms with Crippen molar-refractivity contribution in [1.29, 1.82) is 0 Å². The van der Waals surface area contributed by atoms with Crippen LogP contribution in [0, 0.1) is 0 Å². The summed E-state index contributed by atoms with van der Waals surface area (Å²) in [6, 6.07) is 3.20. The zero-order chi connectivity index (χ0) is 23.6. The number of halogens is 3. The molecule has 1 aliphatic rings. The Morgan fingerprint density at radius 1 is 1.19 bits per heavy atom. The number of amides is 2. The van der Waals surface area contributed by atoms with Crippen molar-refractivity contribution < 1.29 is 37.4 Å². The summed E-state index contributed by atoms with van der Waals surface area (Å²) in [7, 11) is 1.61. The zero-order valence-electron chi connectivity index (χ0n) is 18.0. The summed E-state index contributed by atoms with van der Waals surface area (Å²) >= 11 is 0. The highest BCUT2D eigenvalue weighted by molar-refractivity contribution is 5.91. The van der Waals surface area contributed by atoms with Crippen LogP contribution in [0.3, 0.4) is 0 Å². The summed E-state index contributed by atoms with van der Waals surface area (Å²) in [5.74, 6) is -3.23. The third-order valence-electron chi connectivity index (χ3n) is 4.83. The standard InChI is InChI=1S/C21H27F3N2O5/c1-20(2,3)31-19(30)25(4)8-5-6-13-10-14-7-9-26(18(29)21(22,23)24)12-16(14)15(11-13)17(27)28/h10-11H,5-9,12H2,1-4H3,(H,27,28). The first-order valence-electron chi connectivity index (χ1n) is 9.87. The van der Waals surface area contributed by atoms with Gasteiger partial charge in [-0.3, -0.25) is 4.79 Å². The Kier molecular flexibility index (Phi) is 7.23. The highest BCUT2D eigenvalue weighted by Gasteiger charge is 2.43. The Hall–Kier alpha value is -2.78. The van der Waals surface area contributed by atoms with Crippen molar-refractivity contribution in [3.05, 3.63) is 34.4 Å². The van der Waals surface area contributed by atoms with E-state index in [9.17, 15) is 32.7 Å². The highest BCUT2D eigenvalue weighted by Crippen LogP contribution is 2.28. The van der Waals surface area contributed by atoms with E-state index in [0.717, 1.165) is 0 Å². The maximum Gasteiger partial charge on any atom is 0.471 e. The minimum atomic E-state index is -5.00. The Labute approximate surface area is 178 Å². The van der Waals surface area contributed by atoms with Crippen LogP contribution >= 0.6 is 0 Å². The molecule has 0 saturated heterocycles. The SMILES string of the molecule is CN(CCCc1cc2c(c(C(=O)O)c1)CN(C(=O)C(F)(F)F)CC2)C(=O)OC(C)(C)C. The van der Waals surface area contributed by atoms with Gasteiger partial charge in [-0.05, 0) is 62.8 Å². The fraction of sp³-hybridized carbons (Fsp3) is 0.571. The van der Waals surface area contributed by atoms with Gasteiger partial charge in [0.2, 0.25) is 0 Å². The number of carbonyl (C=O) groups excluding carboxylic acids is 2. The molecule has 2 rings (SSSR count). The van der Waals surface area contributed by atoms with E-state index < -0.39 is 36.3 Å². The quantitative estimate of drug-likeness (QED) is 0.750. The smallest absolute Gasteiger partial charge is 0.471 e. The molecular formula is C21H27F3N2O5. The highest BCUT2D eigenvalue weighted by atomic mass is 19.4. The number of ether oxygens (including phenoxy) is 1. The van der Waals surface area contributed by atoms with Crippen molar-refractivity contribution in [1.82, 2.24) is 9.80 Å². The van der Waals surface area contributed by atoms with E-state index in [0.29, 0.717) is 35.4 Å². The van der Waals surface area contributed by atoms with Gasteiger partial charge in [-0.2, -0.15) is 13.2 Å². The third-order valence-corrected chi connectivity index (χ3v) is 4.83. The van der Waals surface area contributed by atoms with Crippen LogP contribution in [0.4, 0.5) is 18.0 Å². The summed E-state index contributed by atoms with van der Waals surface area (Å²) in [4.78, 5) is 37.3. The number of carboxylic acids is 1. The van der Waals surface area contributed by atoms with Crippen molar-refractivity contribution in [3.8, 4) is 0 Å². The number of carbonyl (C=O) groups is 3. The van der Waals surface area contributed by atoms with Crippen LogP contribution in [0.2, 0.25) is 0 Å². The summed E-state index contributed by atoms with van der Waals surface area (Å²) < 4.78 is 43.5. The number of benzene rings is 1. The van der Waals surface area contributed by atoms with Gasteiger partial charge in [-0.15, -0.1) is 0 Å². The molecule has 2 amide bonds. The van der Waals surface area contributed by atoms with Gasteiger partial charge in [0.1, 0.15) is 5.60 Å². The average Bonchev–Trinajstić information content (AvgIpc) is 2.64. The molecular weight excluding hydrogens is 417 g/mol. The van der Waals surface area contributed by atoms with Gasteiger partial charge in [0.25, 0.3) is 0 Å². The molecule has 0 fully saturated rings. The molecule has 0 aliphatic carbocycles. The number of hydrogen-bond donors (Lipinski definition) is 1. The lowest BCUT2D eigenvalue weighted by molar-refractivity contribution is -0.186. The average molecular weight is 444 g/mol. The Bertz CT molecular complexity index is 862. The Balaban J connectivity index is 2.10. The largest absolute Gasteiger partial charge is 0.478 e. The molecule has 0 aromatic heterocycles. The summed E-state index contributed by atoms with van der Waals surface area (Å²) in [5.41, 5.74) is 0.853. The lowest BCUT2D eigenvalue weighted by Gasteiger charge is -2.30.